The Morgan fingerprint density at radius 1 is 1.10 bits per heavy atom. The minimum atomic E-state index is -2.49. The molecule has 5 fully saturated rings. The van der Waals surface area contributed by atoms with Crippen molar-refractivity contribution in [1.82, 2.24) is 0 Å². The summed E-state index contributed by atoms with van der Waals surface area (Å²) in [7, 11) is -2.49. The largest absolute Gasteiger partial charge is 0.322 e. The molecular weight excluding hydrogens is 403 g/mol. The molecule has 20 heavy (non-hydrogen) atoms. The standard InChI is InChI=1S/C15H23Br2O2P/c1-14(17)9-20(18,8-13(14)16)19-15-5-10-2-11(6-15)4-12(3-10)7-15/h10-13H,2-9H2,1H3. The Labute approximate surface area is 138 Å². The molecule has 1 heterocycles. The van der Waals surface area contributed by atoms with Crippen LogP contribution in [0.3, 0.4) is 0 Å². The van der Waals surface area contributed by atoms with E-state index in [-0.39, 0.29) is 14.8 Å². The Morgan fingerprint density at radius 3 is 2.00 bits per heavy atom. The van der Waals surface area contributed by atoms with Gasteiger partial charge in [-0.1, -0.05) is 31.9 Å². The lowest BCUT2D eigenvalue weighted by Gasteiger charge is -2.56. The fourth-order valence-electron chi connectivity index (χ4n) is 5.63. The topological polar surface area (TPSA) is 26.3 Å². The van der Waals surface area contributed by atoms with Gasteiger partial charge in [0.25, 0.3) is 0 Å². The van der Waals surface area contributed by atoms with Crippen LogP contribution in [-0.2, 0) is 9.09 Å². The van der Waals surface area contributed by atoms with Gasteiger partial charge in [0, 0.05) is 21.5 Å². The first kappa shape index (κ1) is 14.7. The highest BCUT2D eigenvalue weighted by Gasteiger charge is 2.57. The van der Waals surface area contributed by atoms with Crippen molar-refractivity contribution in [3.05, 3.63) is 0 Å². The molecule has 0 N–H and O–H groups in total. The summed E-state index contributed by atoms with van der Waals surface area (Å²) in [4.78, 5) is 0.259. The van der Waals surface area contributed by atoms with Gasteiger partial charge in [-0.05, 0) is 63.2 Å². The molecule has 4 aliphatic carbocycles. The van der Waals surface area contributed by atoms with Crippen LogP contribution in [0.4, 0.5) is 0 Å². The van der Waals surface area contributed by atoms with Crippen molar-refractivity contribution in [3.63, 3.8) is 0 Å². The van der Waals surface area contributed by atoms with Gasteiger partial charge in [0.05, 0.1) is 5.60 Å². The molecule has 0 radical (unpaired) electrons. The van der Waals surface area contributed by atoms with Gasteiger partial charge in [0.15, 0.2) is 0 Å². The van der Waals surface area contributed by atoms with E-state index in [4.69, 9.17) is 4.52 Å². The fraction of sp³-hybridized carbons (Fsp3) is 1.00. The van der Waals surface area contributed by atoms with Gasteiger partial charge in [0.2, 0.25) is 7.37 Å². The van der Waals surface area contributed by atoms with Crippen LogP contribution in [0.2, 0.25) is 0 Å². The third kappa shape index (κ3) is 2.41. The van der Waals surface area contributed by atoms with E-state index in [9.17, 15) is 4.57 Å². The second kappa shape index (κ2) is 4.58. The number of hydrogen-bond acceptors (Lipinski definition) is 2. The van der Waals surface area contributed by atoms with E-state index in [0.29, 0.717) is 12.3 Å². The van der Waals surface area contributed by atoms with Crippen LogP contribution in [0, 0.1) is 17.8 Å². The lowest BCUT2D eigenvalue weighted by atomic mass is 9.54. The smallest absolute Gasteiger partial charge is 0.206 e. The summed E-state index contributed by atoms with van der Waals surface area (Å²) in [5.41, 5.74) is -0.0234. The molecule has 2 nitrogen and oxygen atoms in total. The molecule has 3 unspecified atom stereocenters. The Kier molecular flexibility index (Phi) is 3.37. The first-order chi connectivity index (χ1) is 9.28. The SMILES string of the molecule is CC1(Br)CP(=O)(OC23CC4CC(CC(C4)C2)C3)CC1Br. The first-order valence-corrected chi connectivity index (χ1v) is 11.6. The third-order valence-corrected chi connectivity index (χ3v) is 12.5. The highest BCUT2D eigenvalue weighted by Crippen LogP contribution is 2.67. The zero-order chi connectivity index (χ0) is 14.2. The number of alkyl halides is 2. The monoisotopic (exact) mass is 424 g/mol. The van der Waals surface area contributed by atoms with Crippen LogP contribution in [0.25, 0.3) is 0 Å². The molecule has 3 atom stereocenters. The predicted octanol–water partition coefficient (Wildman–Crippen LogP) is 5.18. The molecule has 1 aliphatic heterocycles. The van der Waals surface area contributed by atoms with Gasteiger partial charge < -0.3 is 4.52 Å². The molecule has 0 aromatic carbocycles. The average Bonchev–Trinajstić information content (AvgIpc) is 2.42. The summed E-state index contributed by atoms with van der Waals surface area (Å²) in [5.74, 6) is 2.56. The maximum atomic E-state index is 13.2. The molecule has 5 aliphatic rings. The van der Waals surface area contributed by atoms with Crippen LogP contribution in [0.1, 0.15) is 45.4 Å². The van der Waals surface area contributed by atoms with Crippen LogP contribution >= 0.6 is 39.2 Å². The lowest BCUT2D eigenvalue weighted by Crippen LogP contribution is -2.51. The quantitative estimate of drug-likeness (QED) is 0.450. The number of rotatable bonds is 2. The van der Waals surface area contributed by atoms with E-state index in [0.717, 1.165) is 17.8 Å². The van der Waals surface area contributed by atoms with Crippen molar-refractivity contribution in [1.29, 1.82) is 0 Å². The van der Waals surface area contributed by atoms with Crippen LogP contribution < -0.4 is 0 Å². The van der Waals surface area contributed by atoms with E-state index in [2.05, 4.69) is 38.8 Å². The van der Waals surface area contributed by atoms with Crippen molar-refractivity contribution < 1.29 is 9.09 Å². The van der Waals surface area contributed by atoms with E-state index in [1.807, 2.05) is 0 Å². The number of hydrogen-bond donors (Lipinski definition) is 0. The molecule has 4 saturated carbocycles. The van der Waals surface area contributed by atoms with E-state index in [1.54, 1.807) is 0 Å². The van der Waals surface area contributed by atoms with Gasteiger partial charge >= 0.3 is 0 Å². The van der Waals surface area contributed by atoms with Crippen molar-refractivity contribution in [2.24, 2.45) is 17.8 Å². The summed E-state index contributed by atoms with van der Waals surface area (Å²) >= 11 is 7.42. The second-order valence-electron chi connectivity index (χ2n) is 8.09. The summed E-state index contributed by atoms with van der Waals surface area (Å²) in [6, 6.07) is 0. The van der Waals surface area contributed by atoms with Crippen LogP contribution in [-0.4, -0.2) is 27.1 Å². The third-order valence-electron chi connectivity index (χ3n) is 5.98. The Bertz CT molecular complexity index is 441. The molecule has 5 heteroatoms. The summed E-state index contributed by atoms with van der Waals surface area (Å²) in [6.45, 7) is 2.13. The molecule has 0 aromatic heterocycles. The maximum Gasteiger partial charge on any atom is 0.206 e. The average molecular weight is 426 g/mol. The first-order valence-electron chi connectivity index (χ1n) is 7.89. The predicted molar refractivity (Wildman–Crippen MR) is 89.4 cm³/mol. The second-order valence-corrected chi connectivity index (χ2v) is 13.5. The minimum absolute atomic E-state index is 0.0234. The zero-order valence-electron chi connectivity index (χ0n) is 12.0. The molecule has 0 spiro atoms. The minimum Gasteiger partial charge on any atom is -0.322 e. The molecule has 114 valence electrons. The van der Waals surface area contributed by atoms with Crippen molar-refractivity contribution in [3.8, 4) is 0 Å². The summed E-state index contributed by atoms with van der Waals surface area (Å²) < 4.78 is 19.7. The molecule has 0 amide bonds. The zero-order valence-corrected chi connectivity index (χ0v) is 16.1. The Morgan fingerprint density at radius 2 is 1.60 bits per heavy atom. The van der Waals surface area contributed by atoms with Gasteiger partial charge in [-0.2, -0.15) is 0 Å². The Hall–Kier alpha value is 1.15. The van der Waals surface area contributed by atoms with Gasteiger partial charge in [-0.15, -0.1) is 0 Å². The van der Waals surface area contributed by atoms with Crippen molar-refractivity contribution in [2.45, 2.75) is 60.2 Å². The van der Waals surface area contributed by atoms with E-state index >= 15 is 0 Å². The summed E-state index contributed by atoms with van der Waals surface area (Å²) in [5, 5.41) is 0. The van der Waals surface area contributed by atoms with Gasteiger partial charge in [0.1, 0.15) is 0 Å². The molecule has 5 rings (SSSR count). The molecular formula is C15H23Br2O2P. The fourth-order valence-corrected chi connectivity index (χ4v) is 12.2. The number of halogens is 2. The van der Waals surface area contributed by atoms with Crippen LogP contribution in [0.15, 0.2) is 0 Å². The van der Waals surface area contributed by atoms with Gasteiger partial charge in [-0.25, -0.2) is 0 Å². The highest BCUT2D eigenvalue weighted by molar-refractivity contribution is 9.12. The van der Waals surface area contributed by atoms with E-state index < -0.39 is 7.37 Å². The highest BCUT2D eigenvalue weighted by atomic mass is 79.9. The normalized spacial score (nSPS) is 61.1. The molecule has 0 aromatic rings. The maximum absolute atomic E-state index is 13.2. The van der Waals surface area contributed by atoms with Crippen molar-refractivity contribution >= 4 is 39.2 Å². The van der Waals surface area contributed by atoms with Gasteiger partial charge in [-0.3, -0.25) is 4.57 Å². The lowest BCUT2D eigenvalue weighted by molar-refractivity contribution is -0.106. The van der Waals surface area contributed by atoms with E-state index in [1.165, 1.54) is 38.5 Å². The van der Waals surface area contributed by atoms with Crippen LogP contribution in [0.5, 0.6) is 0 Å². The van der Waals surface area contributed by atoms with Crippen molar-refractivity contribution in [2.75, 3.05) is 12.3 Å². The Balaban J connectivity index is 1.56. The molecule has 4 bridgehead atoms. The summed E-state index contributed by atoms with van der Waals surface area (Å²) in [6.07, 6.45) is 9.12. The molecule has 1 saturated heterocycles.